The molecule has 118 valence electrons. The number of halogens is 3. The SMILES string of the molecule is CCN(CC)c1ccc(NC(=S)NNCC(F)(F)F)cc1. The molecule has 0 radical (unpaired) electrons. The van der Waals surface area contributed by atoms with Crippen LogP contribution in [0.4, 0.5) is 24.5 Å². The third-order valence-corrected chi connectivity index (χ3v) is 2.95. The molecule has 0 atom stereocenters. The summed E-state index contributed by atoms with van der Waals surface area (Å²) < 4.78 is 35.8. The van der Waals surface area contributed by atoms with E-state index in [1.807, 2.05) is 29.7 Å². The highest BCUT2D eigenvalue weighted by molar-refractivity contribution is 7.80. The molecule has 1 aromatic carbocycles. The molecular weight excluding hydrogens is 301 g/mol. The molecule has 0 heterocycles. The van der Waals surface area contributed by atoms with Crippen molar-refractivity contribution in [2.45, 2.75) is 20.0 Å². The monoisotopic (exact) mass is 320 g/mol. The van der Waals surface area contributed by atoms with Crippen LogP contribution >= 0.6 is 12.2 Å². The highest BCUT2D eigenvalue weighted by atomic mass is 32.1. The summed E-state index contributed by atoms with van der Waals surface area (Å²) in [6.07, 6.45) is -4.28. The maximum atomic E-state index is 11.9. The molecule has 0 saturated heterocycles. The van der Waals surface area contributed by atoms with Gasteiger partial charge in [0.2, 0.25) is 0 Å². The molecule has 0 saturated carbocycles. The second-order valence-electron chi connectivity index (χ2n) is 4.27. The van der Waals surface area contributed by atoms with E-state index in [4.69, 9.17) is 12.2 Å². The number of hydrazine groups is 1. The largest absolute Gasteiger partial charge is 0.402 e. The van der Waals surface area contributed by atoms with Gasteiger partial charge in [0.25, 0.3) is 0 Å². The molecule has 4 nitrogen and oxygen atoms in total. The van der Waals surface area contributed by atoms with Crippen LogP contribution in [0.15, 0.2) is 24.3 Å². The highest BCUT2D eigenvalue weighted by Crippen LogP contribution is 2.17. The molecular formula is C13H19F3N4S. The molecule has 0 aliphatic carbocycles. The number of benzene rings is 1. The lowest BCUT2D eigenvalue weighted by Gasteiger charge is -2.21. The van der Waals surface area contributed by atoms with Gasteiger partial charge < -0.3 is 10.2 Å². The van der Waals surface area contributed by atoms with Gasteiger partial charge in [-0.15, -0.1) is 0 Å². The Bertz CT molecular complexity index is 444. The van der Waals surface area contributed by atoms with Crippen LogP contribution in [0.25, 0.3) is 0 Å². The quantitative estimate of drug-likeness (QED) is 0.555. The van der Waals surface area contributed by atoms with Crippen molar-refractivity contribution in [1.29, 1.82) is 0 Å². The third-order valence-electron chi connectivity index (χ3n) is 2.74. The number of anilines is 2. The fourth-order valence-corrected chi connectivity index (χ4v) is 1.92. The number of hydrogen-bond donors (Lipinski definition) is 3. The van der Waals surface area contributed by atoms with Crippen molar-refractivity contribution in [1.82, 2.24) is 10.9 Å². The predicted octanol–water partition coefficient (Wildman–Crippen LogP) is 2.89. The standard InChI is InChI=1S/C13H19F3N4S/c1-3-20(4-2)11-7-5-10(6-8-11)18-12(21)19-17-9-13(14,15)16/h5-8,17H,3-4,9H2,1-2H3,(H2,18,19,21). The Morgan fingerprint density at radius 3 is 2.19 bits per heavy atom. The van der Waals surface area contributed by atoms with E-state index in [0.717, 1.165) is 18.8 Å². The second-order valence-corrected chi connectivity index (χ2v) is 4.68. The van der Waals surface area contributed by atoms with Crippen LogP contribution in [0.5, 0.6) is 0 Å². The zero-order valence-electron chi connectivity index (χ0n) is 11.9. The fraction of sp³-hybridized carbons (Fsp3) is 0.462. The summed E-state index contributed by atoms with van der Waals surface area (Å²) in [5.74, 6) is 0. The van der Waals surface area contributed by atoms with Crippen LogP contribution in [0.3, 0.4) is 0 Å². The van der Waals surface area contributed by atoms with Gasteiger partial charge in [0.15, 0.2) is 5.11 Å². The topological polar surface area (TPSA) is 39.3 Å². The molecule has 0 amide bonds. The molecule has 0 fully saturated rings. The van der Waals surface area contributed by atoms with E-state index in [1.165, 1.54) is 0 Å². The van der Waals surface area contributed by atoms with Crippen molar-refractivity contribution in [2.75, 3.05) is 29.9 Å². The van der Waals surface area contributed by atoms with Gasteiger partial charge in [-0.3, -0.25) is 5.43 Å². The van der Waals surface area contributed by atoms with Crippen LogP contribution in [0.2, 0.25) is 0 Å². The summed E-state index contributed by atoms with van der Waals surface area (Å²) >= 11 is 4.89. The van der Waals surface area contributed by atoms with Gasteiger partial charge in [0.05, 0.1) is 0 Å². The first-order valence-corrected chi connectivity index (χ1v) is 6.98. The summed E-state index contributed by atoms with van der Waals surface area (Å²) in [7, 11) is 0. The molecule has 3 N–H and O–H groups in total. The van der Waals surface area contributed by atoms with Crippen LogP contribution in [0.1, 0.15) is 13.8 Å². The molecule has 0 aliphatic heterocycles. The first-order chi connectivity index (χ1) is 9.85. The lowest BCUT2D eigenvalue weighted by Crippen LogP contribution is -2.44. The lowest BCUT2D eigenvalue weighted by molar-refractivity contribution is -0.125. The van der Waals surface area contributed by atoms with Gasteiger partial charge in [0.1, 0.15) is 6.54 Å². The fourth-order valence-electron chi connectivity index (χ4n) is 1.73. The zero-order valence-corrected chi connectivity index (χ0v) is 12.7. The molecule has 1 rings (SSSR count). The molecule has 0 spiro atoms. The van der Waals surface area contributed by atoms with Gasteiger partial charge in [-0.05, 0) is 50.3 Å². The van der Waals surface area contributed by atoms with Crippen molar-refractivity contribution < 1.29 is 13.2 Å². The summed E-state index contributed by atoms with van der Waals surface area (Å²) in [6.45, 7) is 4.80. The Kier molecular flexibility index (Phi) is 6.70. The second kappa shape index (κ2) is 8.04. The van der Waals surface area contributed by atoms with Gasteiger partial charge in [-0.25, -0.2) is 5.43 Å². The summed E-state index contributed by atoms with van der Waals surface area (Å²) in [6, 6.07) is 7.51. The van der Waals surface area contributed by atoms with Gasteiger partial charge in [-0.2, -0.15) is 13.2 Å². The third kappa shape index (κ3) is 6.63. The van der Waals surface area contributed by atoms with Crippen molar-refractivity contribution in [2.24, 2.45) is 0 Å². The minimum atomic E-state index is -4.28. The number of rotatable bonds is 6. The number of alkyl halides is 3. The van der Waals surface area contributed by atoms with E-state index in [0.29, 0.717) is 5.69 Å². The van der Waals surface area contributed by atoms with Crippen molar-refractivity contribution in [3.05, 3.63) is 24.3 Å². The first kappa shape index (κ1) is 17.5. The molecule has 0 unspecified atom stereocenters. The van der Waals surface area contributed by atoms with Gasteiger partial charge in [-0.1, -0.05) is 0 Å². The summed E-state index contributed by atoms with van der Waals surface area (Å²) in [5.41, 5.74) is 6.08. The Morgan fingerprint density at radius 1 is 1.14 bits per heavy atom. The van der Waals surface area contributed by atoms with Crippen molar-refractivity contribution in [3.8, 4) is 0 Å². The molecule has 21 heavy (non-hydrogen) atoms. The van der Waals surface area contributed by atoms with Crippen LogP contribution in [-0.2, 0) is 0 Å². The Morgan fingerprint density at radius 2 is 1.71 bits per heavy atom. The van der Waals surface area contributed by atoms with Gasteiger partial charge >= 0.3 is 6.18 Å². The zero-order chi connectivity index (χ0) is 15.9. The average Bonchev–Trinajstić information content (AvgIpc) is 2.40. The maximum absolute atomic E-state index is 11.9. The maximum Gasteiger partial charge on any atom is 0.402 e. The minimum Gasteiger partial charge on any atom is -0.372 e. The van der Waals surface area contributed by atoms with E-state index in [2.05, 4.69) is 29.5 Å². The number of hydrogen-bond acceptors (Lipinski definition) is 3. The van der Waals surface area contributed by atoms with E-state index in [9.17, 15) is 13.2 Å². The van der Waals surface area contributed by atoms with E-state index in [-0.39, 0.29) is 5.11 Å². The van der Waals surface area contributed by atoms with Crippen molar-refractivity contribution >= 4 is 28.7 Å². The Hall–Kier alpha value is -1.54. The highest BCUT2D eigenvalue weighted by Gasteiger charge is 2.26. The first-order valence-electron chi connectivity index (χ1n) is 6.57. The van der Waals surface area contributed by atoms with E-state index in [1.54, 1.807) is 0 Å². The van der Waals surface area contributed by atoms with Crippen molar-refractivity contribution in [3.63, 3.8) is 0 Å². The summed E-state index contributed by atoms with van der Waals surface area (Å²) in [5, 5.41) is 2.88. The van der Waals surface area contributed by atoms with Gasteiger partial charge in [0, 0.05) is 24.5 Å². The minimum absolute atomic E-state index is 0.0786. The van der Waals surface area contributed by atoms with Crippen LogP contribution in [0, 0.1) is 0 Å². The molecule has 0 aliphatic rings. The predicted molar refractivity (Wildman–Crippen MR) is 83.4 cm³/mol. The van der Waals surface area contributed by atoms with E-state index < -0.39 is 12.7 Å². The molecule has 8 heteroatoms. The molecule has 0 bridgehead atoms. The Balaban J connectivity index is 2.46. The lowest BCUT2D eigenvalue weighted by atomic mass is 10.2. The van der Waals surface area contributed by atoms with Crippen LogP contribution < -0.4 is 21.1 Å². The van der Waals surface area contributed by atoms with Crippen LogP contribution in [-0.4, -0.2) is 30.9 Å². The number of nitrogens with zero attached hydrogens (tertiary/aromatic N) is 1. The average molecular weight is 320 g/mol. The molecule has 0 aromatic heterocycles. The molecule has 1 aromatic rings. The smallest absolute Gasteiger partial charge is 0.372 e. The number of nitrogens with one attached hydrogen (secondary N) is 3. The normalized spacial score (nSPS) is 11.1. The number of thiocarbonyl (C=S) groups is 1. The van der Waals surface area contributed by atoms with E-state index >= 15 is 0 Å². The summed E-state index contributed by atoms with van der Waals surface area (Å²) in [4.78, 5) is 2.19. The Labute approximate surface area is 127 Å².